The number of nitrogens with zero attached hydrogens (tertiary/aromatic N) is 2. The summed E-state index contributed by atoms with van der Waals surface area (Å²) in [7, 11) is -3.96. The summed E-state index contributed by atoms with van der Waals surface area (Å²) in [6, 6.07) is 8.77. The maximum absolute atomic E-state index is 13.8. The quantitative estimate of drug-likeness (QED) is 0.446. The molecule has 7 nitrogen and oxygen atoms in total. The Morgan fingerprint density at radius 2 is 1.66 bits per heavy atom. The fourth-order valence-corrected chi connectivity index (χ4v) is 4.82. The Hall–Kier alpha value is -2.36. The molecule has 2 amide bonds. The van der Waals surface area contributed by atoms with Gasteiger partial charge in [0, 0.05) is 28.2 Å². The molecule has 2 aromatic carbocycles. The normalized spacial score (nSPS) is 13.1. The van der Waals surface area contributed by atoms with Crippen LogP contribution in [0.5, 0.6) is 0 Å². The molecule has 2 aromatic rings. The van der Waals surface area contributed by atoms with Crippen molar-refractivity contribution in [1.29, 1.82) is 0 Å². The van der Waals surface area contributed by atoms with Crippen LogP contribution in [0.25, 0.3) is 0 Å². The van der Waals surface area contributed by atoms with Crippen LogP contribution in [-0.4, -0.2) is 50.0 Å². The van der Waals surface area contributed by atoms with Crippen LogP contribution in [0.3, 0.4) is 0 Å². The Kier molecular flexibility index (Phi) is 10.4. The van der Waals surface area contributed by atoms with Gasteiger partial charge in [-0.1, -0.05) is 49.2 Å². The van der Waals surface area contributed by atoms with E-state index in [0.717, 1.165) is 16.6 Å². The van der Waals surface area contributed by atoms with Gasteiger partial charge in [0.25, 0.3) is 0 Å². The molecule has 11 heteroatoms. The standard InChI is InChI=1S/C24H30Cl2FN3O4S/c1-5-16(3)28-24(32)22(6-2)29(14-19-20(25)11-8-12-21(19)26)23(31)15-30(35(4,33)34)18-10-7-9-17(27)13-18/h7-13,16,22H,5-6,14-15H2,1-4H3,(H,28,32)/t16-,22+/m1/s1. The van der Waals surface area contributed by atoms with Crippen molar-refractivity contribution in [2.45, 2.75) is 52.2 Å². The molecule has 0 fully saturated rings. The van der Waals surface area contributed by atoms with Crippen LogP contribution in [0.15, 0.2) is 42.5 Å². The number of nitrogens with one attached hydrogen (secondary N) is 1. The van der Waals surface area contributed by atoms with Crippen LogP contribution in [-0.2, 0) is 26.2 Å². The Balaban J connectivity index is 2.50. The van der Waals surface area contributed by atoms with Gasteiger partial charge in [-0.2, -0.15) is 0 Å². The largest absolute Gasteiger partial charge is 0.352 e. The fourth-order valence-electron chi connectivity index (χ4n) is 3.46. The molecule has 0 saturated heterocycles. The van der Waals surface area contributed by atoms with Gasteiger partial charge < -0.3 is 10.2 Å². The van der Waals surface area contributed by atoms with Crippen LogP contribution in [0, 0.1) is 5.82 Å². The van der Waals surface area contributed by atoms with E-state index >= 15 is 0 Å². The summed E-state index contributed by atoms with van der Waals surface area (Å²) in [6.07, 6.45) is 1.87. The van der Waals surface area contributed by atoms with E-state index in [0.29, 0.717) is 22.0 Å². The van der Waals surface area contributed by atoms with Gasteiger partial charge in [0.1, 0.15) is 18.4 Å². The Labute approximate surface area is 216 Å². The lowest BCUT2D eigenvalue weighted by molar-refractivity contribution is -0.140. The molecule has 0 aliphatic rings. The number of anilines is 1. The van der Waals surface area contributed by atoms with Crippen molar-refractivity contribution in [3.05, 3.63) is 63.9 Å². The minimum Gasteiger partial charge on any atom is -0.352 e. The number of carbonyl (C=O) groups excluding carboxylic acids is 2. The van der Waals surface area contributed by atoms with Gasteiger partial charge in [0.2, 0.25) is 21.8 Å². The van der Waals surface area contributed by atoms with E-state index in [4.69, 9.17) is 23.2 Å². The summed E-state index contributed by atoms with van der Waals surface area (Å²) in [5, 5.41) is 3.48. The number of benzene rings is 2. The first-order valence-corrected chi connectivity index (χ1v) is 13.7. The van der Waals surface area contributed by atoms with Gasteiger partial charge in [0.05, 0.1) is 11.9 Å². The number of halogens is 3. The van der Waals surface area contributed by atoms with Crippen molar-refractivity contribution in [1.82, 2.24) is 10.2 Å². The predicted molar refractivity (Wildman–Crippen MR) is 138 cm³/mol. The lowest BCUT2D eigenvalue weighted by Gasteiger charge is -2.33. The van der Waals surface area contributed by atoms with E-state index in [1.165, 1.54) is 23.1 Å². The third kappa shape index (κ3) is 7.81. The first-order chi connectivity index (χ1) is 16.4. The maximum atomic E-state index is 13.8. The highest BCUT2D eigenvalue weighted by Crippen LogP contribution is 2.28. The third-order valence-electron chi connectivity index (χ3n) is 5.55. The van der Waals surface area contributed by atoms with Crippen LogP contribution >= 0.6 is 23.2 Å². The van der Waals surface area contributed by atoms with E-state index < -0.39 is 34.3 Å². The van der Waals surface area contributed by atoms with Crippen LogP contribution in [0.4, 0.5) is 10.1 Å². The van der Waals surface area contributed by atoms with Crippen molar-refractivity contribution < 1.29 is 22.4 Å². The molecule has 0 unspecified atom stereocenters. The number of sulfonamides is 1. The maximum Gasteiger partial charge on any atom is 0.244 e. The molecule has 0 heterocycles. The van der Waals surface area contributed by atoms with Gasteiger partial charge in [-0.3, -0.25) is 13.9 Å². The SMILES string of the molecule is CC[C@@H](C)NC(=O)[C@H](CC)N(Cc1c(Cl)cccc1Cl)C(=O)CN(c1cccc(F)c1)S(C)(=O)=O. The van der Waals surface area contributed by atoms with Crippen LogP contribution < -0.4 is 9.62 Å². The highest BCUT2D eigenvalue weighted by Gasteiger charge is 2.33. The van der Waals surface area contributed by atoms with E-state index in [1.54, 1.807) is 25.1 Å². The average molecular weight is 546 g/mol. The summed E-state index contributed by atoms with van der Waals surface area (Å²) in [6.45, 7) is 4.75. The van der Waals surface area contributed by atoms with Crippen molar-refractivity contribution in [2.75, 3.05) is 17.1 Å². The van der Waals surface area contributed by atoms with E-state index in [1.807, 2.05) is 13.8 Å². The zero-order valence-electron chi connectivity index (χ0n) is 20.1. The molecule has 0 saturated carbocycles. The summed E-state index contributed by atoms with van der Waals surface area (Å²) < 4.78 is 39.7. The summed E-state index contributed by atoms with van der Waals surface area (Å²) in [5.41, 5.74) is 0.421. The average Bonchev–Trinajstić information content (AvgIpc) is 2.78. The molecule has 0 bridgehead atoms. The lowest BCUT2D eigenvalue weighted by atomic mass is 10.1. The molecule has 0 spiro atoms. The minimum absolute atomic E-state index is 0.00585. The monoisotopic (exact) mass is 545 g/mol. The molecule has 0 aliphatic heterocycles. The smallest absolute Gasteiger partial charge is 0.244 e. The third-order valence-corrected chi connectivity index (χ3v) is 7.40. The van der Waals surface area contributed by atoms with Gasteiger partial charge in [-0.25, -0.2) is 12.8 Å². The van der Waals surface area contributed by atoms with E-state index in [-0.39, 0.29) is 30.6 Å². The van der Waals surface area contributed by atoms with Gasteiger partial charge in [0.15, 0.2) is 0 Å². The summed E-state index contributed by atoms with van der Waals surface area (Å²) in [5.74, 6) is -1.69. The molecular weight excluding hydrogens is 516 g/mol. The minimum atomic E-state index is -3.96. The Morgan fingerprint density at radius 3 is 2.17 bits per heavy atom. The molecule has 0 aromatic heterocycles. The van der Waals surface area contributed by atoms with Crippen molar-refractivity contribution in [3.63, 3.8) is 0 Å². The molecule has 0 aliphatic carbocycles. The summed E-state index contributed by atoms with van der Waals surface area (Å²) >= 11 is 12.7. The van der Waals surface area contributed by atoms with E-state index in [9.17, 15) is 22.4 Å². The van der Waals surface area contributed by atoms with Crippen molar-refractivity contribution in [3.8, 4) is 0 Å². The molecule has 2 rings (SSSR count). The van der Waals surface area contributed by atoms with Gasteiger partial charge in [-0.15, -0.1) is 0 Å². The highest BCUT2D eigenvalue weighted by molar-refractivity contribution is 7.92. The van der Waals surface area contributed by atoms with Crippen molar-refractivity contribution >= 4 is 50.7 Å². The highest BCUT2D eigenvalue weighted by atomic mass is 35.5. The predicted octanol–water partition coefficient (Wildman–Crippen LogP) is 4.62. The molecule has 2 atom stereocenters. The second-order valence-electron chi connectivity index (χ2n) is 8.21. The first-order valence-electron chi connectivity index (χ1n) is 11.1. The topological polar surface area (TPSA) is 86.8 Å². The number of hydrogen-bond acceptors (Lipinski definition) is 4. The molecule has 1 N–H and O–H groups in total. The molecule has 0 radical (unpaired) electrons. The summed E-state index contributed by atoms with van der Waals surface area (Å²) in [4.78, 5) is 28.0. The van der Waals surface area contributed by atoms with Crippen LogP contribution in [0.1, 0.15) is 39.2 Å². The zero-order valence-corrected chi connectivity index (χ0v) is 22.4. The second-order valence-corrected chi connectivity index (χ2v) is 10.9. The Morgan fingerprint density at radius 1 is 1.06 bits per heavy atom. The number of carbonyl (C=O) groups is 2. The number of rotatable bonds is 11. The second kappa shape index (κ2) is 12.6. The van der Waals surface area contributed by atoms with Gasteiger partial charge in [-0.05, 0) is 50.1 Å². The Bertz CT molecular complexity index is 1140. The first kappa shape index (κ1) is 28.9. The van der Waals surface area contributed by atoms with Crippen LogP contribution in [0.2, 0.25) is 10.0 Å². The van der Waals surface area contributed by atoms with Gasteiger partial charge >= 0.3 is 0 Å². The zero-order chi connectivity index (χ0) is 26.3. The lowest BCUT2D eigenvalue weighted by Crippen LogP contribution is -2.53. The fraction of sp³-hybridized carbons (Fsp3) is 0.417. The molecule has 192 valence electrons. The van der Waals surface area contributed by atoms with E-state index in [2.05, 4.69) is 5.32 Å². The molecule has 35 heavy (non-hydrogen) atoms. The van der Waals surface area contributed by atoms with Crippen molar-refractivity contribution in [2.24, 2.45) is 0 Å². The number of hydrogen-bond donors (Lipinski definition) is 1. The molecular formula is C24H30Cl2FN3O4S. The number of amides is 2.